The second kappa shape index (κ2) is 4.71. The molecule has 0 saturated heterocycles. The highest BCUT2D eigenvalue weighted by Gasteiger charge is 2.63. The van der Waals surface area contributed by atoms with E-state index >= 15 is 0 Å². The van der Waals surface area contributed by atoms with Crippen molar-refractivity contribution in [2.45, 2.75) is 77.4 Å². The van der Waals surface area contributed by atoms with Crippen LogP contribution in [0.2, 0.25) is 15.1 Å². The van der Waals surface area contributed by atoms with Gasteiger partial charge in [0.2, 0.25) is 6.24 Å². The molecule has 0 unspecified atom stereocenters. The summed E-state index contributed by atoms with van der Waals surface area (Å²) in [4.78, 5) is 0. The fourth-order valence-electron chi connectivity index (χ4n) is 4.23. The van der Waals surface area contributed by atoms with Gasteiger partial charge in [-0.1, -0.05) is 62.3 Å². The van der Waals surface area contributed by atoms with E-state index in [0.29, 0.717) is 15.1 Å². The molecule has 1 radical (unpaired) electrons. The third-order valence-electron chi connectivity index (χ3n) is 3.66. The van der Waals surface area contributed by atoms with Gasteiger partial charge in [-0.25, -0.2) is 0 Å². The van der Waals surface area contributed by atoms with Crippen molar-refractivity contribution >= 4 is 40.2 Å². The number of hydrogen-bond acceptors (Lipinski definition) is 0. The lowest BCUT2D eigenvalue weighted by atomic mass is 10.2. The quantitative estimate of drug-likeness (QED) is 0.403. The van der Waals surface area contributed by atoms with Gasteiger partial charge in [0.05, 0.1) is 7.59 Å². The van der Waals surface area contributed by atoms with Gasteiger partial charge in [0, 0.05) is 0 Å². The molecule has 0 bridgehead atoms. The van der Waals surface area contributed by atoms with Crippen molar-refractivity contribution in [3.8, 4) is 0 Å². The Bertz CT molecular complexity index is 207. The van der Waals surface area contributed by atoms with Gasteiger partial charge >= 0.3 is 0 Å². The van der Waals surface area contributed by atoms with E-state index < -0.39 is 13.8 Å². The van der Waals surface area contributed by atoms with Gasteiger partial charge in [-0.2, -0.15) is 11.1 Å². The molecule has 0 N–H and O–H groups in total. The van der Waals surface area contributed by atoms with E-state index in [1.54, 1.807) is 0 Å². The second-order valence-corrected chi connectivity index (χ2v) is 26.1. The third kappa shape index (κ3) is 2.62. The van der Waals surface area contributed by atoms with Crippen LogP contribution in [0.15, 0.2) is 0 Å². The summed E-state index contributed by atoms with van der Waals surface area (Å²) in [5.41, 5.74) is 0. The van der Waals surface area contributed by atoms with E-state index in [9.17, 15) is 0 Å². The second-order valence-electron chi connectivity index (χ2n) is 7.76. The highest BCUT2D eigenvalue weighted by atomic mass is 79.9. The van der Waals surface area contributed by atoms with E-state index in [4.69, 9.17) is 11.1 Å². The number of rotatable bonds is 1. The van der Waals surface area contributed by atoms with Crippen LogP contribution in [0.1, 0.15) is 62.3 Å². The lowest BCUT2D eigenvalue weighted by Crippen LogP contribution is -2.65. The Hall–Kier alpha value is 1.20. The van der Waals surface area contributed by atoms with Crippen LogP contribution in [-0.4, -0.2) is 13.8 Å². The zero-order valence-electron chi connectivity index (χ0n) is 12.3. The van der Waals surface area contributed by atoms with Crippen molar-refractivity contribution in [1.82, 2.24) is 0 Å². The summed E-state index contributed by atoms with van der Waals surface area (Å²) >= 11 is 10.6. The van der Waals surface area contributed by atoms with Gasteiger partial charge in [0.1, 0.15) is 0 Å². The first-order valence-electron chi connectivity index (χ1n) is 5.88. The normalized spacial score (nSPS) is 15.8. The van der Waals surface area contributed by atoms with E-state index in [-0.39, 0.29) is 0 Å². The average molecular weight is 343 g/mol. The van der Waals surface area contributed by atoms with Gasteiger partial charge in [0.15, 0.2) is 0 Å². The van der Waals surface area contributed by atoms with Gasteiger partial charge in [-0.3, -0.25) is 0 Å². The molecule has 0 aliphatic heterocycles. The maximum absolute atomic E-state index is 6.73. The fraction of sp³-hybridized carbons (Fsp3) is 1.00. The first-order chi connectivity index (χ1) is 6.69. The molecule has 0 rings (SSSR count). The molecule has 0 aromatic rings. The van der Waals surface area contributed by atoms with Crippen LogP contribution in [0.3, 0.4) is 0 Å². The molecule has 0 aliphatic carbocycles. The molecule has 16 heavy (non-hydrogen) atoms. The summed E-state index contributed by atoms with van der Waals surface area (Å²) < 4.78 is 0. The Labute approximate surface area is 117 Å². The van der Waals surface area contributed by atoms with E-state index in [1.807, 2.05) is 0 Å². The van der Waals surface area contributed by atoms with Crippen molar-refractivity contribution in [3.05, 3.63) is 0 Å². The molecular weight excluding hydrogens is 316 g/mol. The van der Waals surface area contributed by atoms with Crippen LogP contribution in [0.4, 0.5) is 0 Å². The molecule has 0 amide bonds. The first kappa shape index (κ1) is 17.2. The Balaban J connectivity index is 6.05. The minimum absolute atomic E-state index is 0.309. The predicted molar refractivity (Wildman–Crippen MR) is 85.4 cm³/mol. The molecule has 0 heterocycles. The van der Waals surface area contributed by atoms with Crippen molar-refractivity contribution in [2.75, 3.05) is 0 Å². The highest BCUT2D eigenvalue weighted by molar-refractivity contribution is 9.27. The van der Waals surface area contributed by atoms with Crippen molar-refractivity contribution in [1.29, 1.82) is 0 Å². The Morgan fingerprint density at radius 3 is 0.938 bits per heavy atom. The van der Waals surface area contributed by atoms with Crippen LogP contribution in [0.5, 0.6) is 0 Å². The van der Waals surface area contributed by atoms with E-state index in [0.717, 1.165) is 0 Å². The standard InChI is InChI=1S/C12H27BrClSi2/c1-10(2,3)16(15(13)14,11(4,5)6)12(7,8)9/h1-9H3. The van der Waals surface area contributed by atoms with E-state index in [1.165, 1.54) is 0 Å². The molecular formula is C12H27BrClSi2. The monoisotopic (exact) mass is 341 g/mol. The van der Waals surface area contributed by atoms with Crippen LogP contribution >= 0.6 is 26.4 Å². The average Bonchev–Trinajstić information content (AvgIpc) is 1.71. The molecule has 0 atom stereocenters. The van der Waals surface area contributed by atoms with Crippen LogP contribution in [0, 0.1) is 0 Å². The van der Waals surface area contributed by atoms with E-state index in [2.05, 4.69) is 77.6 Å². The third-order valence-corrected chi connectivity index (χ3v) is 27.3. The first-order valence-corrected chi connectivity index (χ1v) is 13.6. The molecule has 4 heteroatoms. The highest BCUT2D eigenvalue weighted by Crippen LogP contribution is 2.64. The Morgan fingerprint density at radius 1 is 0.750 bits per heavy atom. The minimum Gasteiger partial charge on any atom is -0.157 e. The topological polar surface area (TPSA) is 0 Å². The summed E-state index contributed by atoms with van der Waals surface area (Å²) in [6.07, 6.45) is -0.981. The maximum Gasteiger partial charge on any atom is 0.233 e. The summed E-state index contributed by atoms with van der Waals surface area (Å²) in [5, 5.41) is 0.926. The number of hydrogen-bond donors (Lipinski definition) is 0. The molecule has 0 nitrogen and oxygen atoms in total. The lowest BCUT2D eigenvalue weighted by molar-refractivity contribution is 0.556. The lowest BCUT2D eigenvalue weighted by Gasteiger charge is -2.59. The Morgan fingerprint density at radius 2 is 0.938 bits per heavy atom. The number of halogens is 2. The molecule has 0 aromatic carbocycles. The fourth-order valence-corrected chi connectivity index (χ4v) is 41.5. The predicted octanol–water partition coefficient (Wildman–Crippen LogP) is 6.04. The smallest absolute Gasteiger partial charge is 0.157 e. The van der Waals surface area contributed by atoms with Crippen molar-refractivity contribution < 1.29 is 0 Å². The van der Waals surface area contributed by atoms with Crippen LogP contribution in [0.25, 0.3) is 0 Å². The SMILES string of the molecule is CC(C)(C)[Si]([Si](Cl)Br)(C(C)(C)C)C(C)(C)C. The van der Waals surface area contributed by atoms with Crippen LogP contribution < -0.4 is 0 Å². The Kier molecular flexibility index (Phi) is 5.06. The zero-order valence-corrected chi connectivity index (χ0v) is 16.6. The van der Waals surface area contributed by atoms with Crippen molar-refractivity contribution in [3.63, 3.8) is 0 Å². The largest absolute Gasteiger partial charge is 0.233 e. The zero-order chi connectivity index (χ0) is 13.6. The maximum atomic E-state index is 6.73. The van der Waals surface area contributed by atoms with Gasteiger partial charge in [0.25, 0.3) is 0 Å². The van der Waals surface area contributed by atoms with Gasteiger partial charge in [-0.05, 0) is 15.1 Å². The summed E-state index contributed by atoms with van der Waals surface area (Å²) in [7, 11) is -1.69. The van der Waals surface area contributed by atoms with Gasteiger partial charge < -0.3 is 0 Å². The van der Waals surface area contributed by atoms with Crippen LogP contribution in [-0.2, 0) is 0 Å². The molecule has 97 valence electrons. The molecule has 0 saturated carbocycles. The summed E-state index contributed by atoms with van der Waals surface area (Å²) in [6.45, 7) is 21.4. The molecule has 0 aliphatic rings. The minimum atomic E-state index is -1.69. The molecule has 0 spiro atoms. The molecule has 0 aromatic heterocycles. The van der Waals surface area contributed by atoms with Crippen molar-refractivity contribution in [2.24, 2.45) is 0 Å². The molecule has 0 fully saturated rings. The summed E-state index contributed by atoms with van der Waals surface area (Å²) in [5.74, 6) is 0. The summed E-state index contributed by atoms with van der Waals surface area (Å²) in [6, 6.07) is 0. The van der Waals surface area contributed by atoms with Gasteiger partial charge in [-0.15, -0.1) is 15.3 Å².